The Labute approximate surface area is 104 Å². The molecule has 1 aromatic carbocycles. The fraction of sp³-hybridized carbons (Fsp3) is 0.154. The molecule has 0 aliphatic heterocycles. The molecule has 0 fully saturated rings. The minimum absolute atomic E-state index is 0.0835. The summed E-state index contributed by atoms with van der Waals surface area (Å²) in [6.07, 6.45) is 3.39. The van der Waals surface area contributed by atoms with E-state index >= 15 is 0 Å². The standard InChI is InChI=1S/C13H12N2O3/c1-9-5-3-4-6-11(9)7-8-12-13(15(16)17)10(2)18-14-12/h3-8H,1-2H3/b8-7+. The molecule has 0 saturated heterocycles. The largest absolute Gasteiger partial charge is 0.354 e. The van der Waals surface area contributed by atoms with Crippen molar-refractivity contribution in [2.24, 2.45) is 0 Å². The van der Waals surface area contributed by atoms with Crippen LogP contribution >= 0.6 is 0 Å². The summed E-state index contributed by atoms with van der Waals surface area (Å²) in [6, 6.07) is 7.76. The molecule has 5 heteroatoms. The summed E-state index contributed by atoms with van der Waals surface area (Å²) < 4.78 is 4.83. The van der Waals surface area contributed by atoms with Gasteiger partial charge in [0.05, 0.1) is 4.92 Å². The Balaban J connectivity index is 2.36. The molecule has 0 amide bonds. The van der Waals surface area contributed by atoms with E-state index in [4.69, 9.17) is 4.52 Å². The Kier molecular flexibility index (Phi) is 3.23. The van der Waals surface area contributed by atoms with Crippen LogP contribution in [0.25, 0.3) is 12.2 Å². The van der Waals surface area contributed by atoms with Gasteiger partial charge in [-0.2, -0.15) is 0 Å². The van der Waals surface area contributed by atoms with E-state index in [2.05, 4.69) is 5.16 Å². The van der Waals surface area contributed by atoms with Gasteiger partial charge in [-0.3, -0.25) is 10.1 Å². The fourth-order valence-electron chi connectivity index (χ4n) is 1.66. The first-order valence-corrected chi connectivity index (χ1v) is 5.44. The summed E-state index contributed by atoms with van der Waals surface area (Å²) >= 11 is 0. The SMILES string of the molecule is Cc1ccccc1/C=C/c1noc(C)c1[N+](=O)[O-]. The average molecular weight is 244 g/mol. The smallest absolute Gasteiger partial charge is 0.338 e. The molecule has 1 heterocycles. The summed E-state index contributed by atoms with van der Waals surface area (Å²) in [5.74, 6) is 0.212. The number of hydrogen-bond donors (Lipinski definition) is 0. The van der Waals surface area contributed by atoms with Gasteiger partial charge >= 0.3 is 5.69 Å². The minimum atomic E-state index is -0.483. The maximum absolute atomic E-state index is 10.9. The molecule has 0 radical (unpaired) electrons. The zero-order valence-electron chi connectivity index (χ0n) is 10.1. The van der Waals surface area contributed by atoms with E-state index in [1.54, 1.807) is 12.2 Å². The zero-order chi connectivity index (χ0) is 13.1. The lowest BCUT2D eigenvalue weighted by atomic mass is 10.1. The number of hydrogen-bond acceptors (Lipinski definition) is 4. The number of aromatic nitrogens is 1. The van der Waals surface area contributed by atoms with Crippen molar-refractivity contribution in [1.29, 1.82) is 0 Å². The van der Waals surface area contributed by atoms with Crippen molar-refractivity contribution < 1.29 is 9.45 Å². The maximum atomic E-state index is 10.9. The number of rotatable bonds is 3. The molecule has 92 valence electrons. The zero-order valence-corrected chi connectivity index (χ0v) is 10.1. The monoisotopic (exact) mass is 244 g/mol. The minimum Gasteiger partial charge on any atom is -0.354 e. The molecular weight excluding hydrogens is 232 g/mol. The molecule has 0 aliphatic carbocycles. The van der Waals surface area contributed by atoms with Crippen molar-refractivity contribution in [3.63, 3.8) is 0 Å². The van der Waals surface area contributed by atoms with Crippen LogP contribution in [-0.2, 0) is 0 Å². The van der Waals surface area contributed by atoms with E-state index in [1.165, 1.54) is 6.92 Å². The van der Waals surface area contributed by atoms with Crippen molar-refractivity contribution in [2.45, 2.75) is 13.8 Å². The summed E-state index contributed by atoms with van der Waals surface area (Å²) in [7, 11) is 0. The summed E-state index contributed by atoms with van der Waals surface area (Å²) in [5, 5.41) is 14.5. The van der Waals surface area contributed by atoms with E-state index in [-0.39, 0.29) is 17.1 Å². The molecule has 0 bridgehead atoms. The quantitative estimate of drug-likeness (QED) is 0.613. The second-order valence-electron chi connectivity index (χ2n) is 3.92. The molecule has 18 heavy (non-hydrogen) atoms. The summed E-state index contributed by atoms with van der Waals surface area (Å²) in [6.45, 7) is 3.50. The Hall–Kier alpha value is -2.43. The van der Waals surface area contributed by atoms with Gasteiger partial charge in [0.15, 0.2) is 5.69 Å². The molecule has 2 aromatic rings. The Morgan fingerprint density at radius 2 is 2.00 bits per heavy atom. The second kappa shape index (κ2) is 4.83. The Bertz CT molecular complexity index is 614. The second-order valence-corrected chi connectivity index (χ2v) is 3.92. The molecule has 5 nitrogen and oxygen atoms in total. The van der Waals surface area contributed by atoms with Crippen LogP contribution < -0.4 is 0 Å². The average Bonchev–Trinajstić information content (AvgIpc) is 2.69. The molecule has 1 aromatic heterocycles. The van der Waals surface area contributed by atoms with Crippen molar-refractivity contribution in [1.82, 2.24) is 5.16 Å². The van der Waals surface area contributed by atoms with Crippen LogP contribution in [0.1, 0.15) is 22.6 Å². The van der Waals surface area contributed by atoms with Gasteiger partial charge in [0.25, 0.3) is 0 Å². The van der Waals surface area contributed by atoms with Crippen LogP contribution in [0.5, 0.6) is 0 Å². The molecule has 0 spiro atoms. The van der Waals surface area contributed by atoms with Crippen molar-refractivity contribution >= 4 is 17.8 Å². The number of nitrogens with zero attached hydrogens (tertiary/aromatic N) is 2. The van der Waals surface area contributed by atoms with Crippen LogP contribution in [0.3, 0.4) is 0 Å². The van der Waals surface area contributed by atoms with Gasteiger partial charge in [0.2, 0.25) is 5.76 Å². The predicted molar refractivity (Wildman–Crippen MR) is 68.0 cm³/mol. The first-order chi connectivity index (χ1) is 8.59. The fourth-order valence-corrected chi connectivity index (χ4v) is 1.66. The van der Waals surface area contributed by atoms with E-state index < -0.39 is 4.92 Å². The van der Waals surface area contributed by atoms with Crippen molar-refractivity contribution in [3.05, 3.63) is 57.0 Å². The first-order valence-electron chi connectivity index (χ1n) is 5.44. The van der Waals surface area contributed by atoms with Crippen LogP contribution in [0.2, 0.25) is 0 Å². The van der Waals surface area contributed by atoms with Gasteiger partial charge in [-0.05, 0) is 24.1 Å². The van der Waals surface area contributed by atoms with Crippen LogP contribution in [0.15, 0.2) is 28.8 Å². The number of aryl methyl sites for hydroxylation is 2. The highest BCUT2D eigenvalue weighted by Crippen LogP contribution is 2.24. The van der Waals surface area contributed by atoms with Crippen LogP contribution in [0.4, 0.5) is 5.69 Å². The lowest BCUT2D eigenvalue weighted by Gasteiger charge is -1.97. The van der Waals surface area contributed by atoms with Gasteiger partial charge in [-0.1, -0.05) is 35.5 Å². The molecule has 2 rings (SSSR count). The highest BCUT2D eigenvalue weighted by molar-refractivity contribution is 5.73. The third-order valence-corrected chi connectivity index (χ3v) is 2.65. The topological polar surface area (TPSA) is 69.2 Å². The molecule has 0 atom stereocenters. The Morgan fingerprint density at radius 1 is 1.28 bits per heavy atom. The third kappa shape index (κ3) is 2.29. The first kappa shape index (κ1) is 12.0. The lowest BCUT2D eigenvalue weighted by Crippen LogP contribution is -1.90. The van der Waals surface area contributed by atoms with E-state index in [9.17, 15) is 10.1 Å². The van der Waals surface area contributed by atoms with Gasteiger partial charge in [-0.25, -0.2) is 0 Å². The van der Waals surface area contributed by atoms with Gasteiger partial charge < -0.3 is 4.52 Å². The van der Waals surface area contributed by atoms with E-state index in [0.29, 0.717) is 0 Å². The molecule has 0 unspecified atom stereocenters. The van der Waals surface area contributed by atoms with E-state index in [1.807, 2.05) is 31.2 Å². The van der Waals surface area contributed by atoms with Crippen LogP contribution in [-0.4, -0.2) is 10.1 Å². The molecule has 0 aliphatic rings. The highest BCUT2D eigenvalue weighted by Gasteiger charge is 2.21. The molecule has 0 saturated carbocycles. The van der Waals surface area contributed by atoms with Gasteiger partial charge in [0.1, 0.15) is 0 Å². The lowest BCUT2D eigenvalue weighted by molar-refractivity contribution is -0.386. The normalized spacial score (nSPS) is 11.0. The third-order valence-electron chi connectivity index (χ3n) is 2.65. The van der Waals surface area contributed by atoms with E-state index in [0.717, 1.165) is 11.1 Å². The van der Waals surface area contributed by atoms with Crippen LogP contribution in [0, 0.1) is 24.0 Å². The summed E-state index contributed by atoms with van der Waals surface area (Å²) in [5.41, 5.74) is 2.24. The highest BCUT2D eigenvalue weighted by atomic mass is 16.6. The maximum Gasteiger partial charge on any atom is 0.338 e. The number of nitro groups is 1. The summed E-state index contributed by atoms with van der Waals surface area (Å²) in [4.78, 5) is 10.4. The number of benzene rings is 1. The Morgan fingerprint density at radius 3 is 2.67 bits per heavy atom. The van der Waals surface area contributed by atoms with Crippen molar-refractivity contribution in [3.8, 4) is 0 Å². The molecule has 0 N–H and O–H groups in total. The molecular formula is C13H12N2O3. The van der Waals surface area contributed by atoms with Gasteiger partial charge in [-0.15, -0.1) is 0 Å². The predicted octanol–water partition coefficient (Wildman–Crippen LogP) is 3.37. The van der Waals surface area contributed by atoms with Crippen molar-refractivity contribution in [2.75, 3.05) is 0 Å². The van der Waals surface area contributed by atoms with Gasteiger partial charge in [0, 0.05) is 6.92 Å².